The van der Waals surface area contributed by atoms with Gasteiger partial charge in [0.05, 0.1) is 23.9 Å². The zero-order valence-corrected chi connectivity index (χ0v) is 14.1. The lowest BCUT2D eigenvalue weighted by molar-refractivity contribution is -0.134. The summed E-state index contributed by atoms with van der Waals surface area (Å²) in [4.78, 5) is 15.0. The second-order valence-corrected chi connectivity index (χ2v) is 7.30. The van der Waals surface area contributed by atoms with Gasteiger partial charge in [0.15, 0.2) is 0 Å². The Morgan fingerprint density at radius 1 is 1.28 bits per heavy atom. The van der Waals surface area contributed by atoms with Gasteiger partial charge in [0.25, 0.3) is 0 Å². The van der Waals surface area contributed by atoms with Crippen molar-refractivity contribution >= 4 is 5.91 Å². The number of rotatable bonds is 2. The van der Waals surface area contributed by atoms with Crippen molar-refractivity contribution in [2.45, 2.75) is 44.6 Å². The van der Waals surface area contributed by atoms with Crippen LogP contribution in [0, 0.1) is 17.6 Å². The van der Waals surface area contributed by atoms with Crippen LogP contribution in [0.1, 0.15) is 55.0 Å². The van der Waals surface area contributed by atoms with Gasteiger partial charge in [-0.3, -0.25) is 9.89 Å². The van der Waals surface area contributed by atoms with Crippen molar-refractivity contribution in [3.05, 3.63) is 52.9 Å². The maximum atomic E-state index is 13.6. The molecule has 1 aliphatic carbocycles. The summed E-state index contributed by atoms with van der Waals surface area (Å²) in [6.45, 7) is 2.76. The zero-order valence-electron chi connectivity index (χ0n) is 14.1. The molecule has 2 aromatic rings. The van der Waals surface area contributed by atoms with Crippen LogP contribution in [-0.4, -0.2) is 27.5 Å². The molecule has 1 saturated heterocycles. The number of aromatic amines is 1. The molecule has 1 N–H and O–H groups in total. The number of halogens is 2. The summed E-state index contributed by atoms with van der Waals surface area (Å²) in [7, 11) is 0. The topological polar surface area (TPSA) is 49.0 Å². The number of hydrogen-bond acceptors (Lipinski definition) is 2. The van der Waals surface area contributed by atoms with Gasteiger partial charge >= 0.3 is 0 Å². The van der Waals surface area contributed by atoms with E-state index in [-0.39, 0.29) is 17.9 Å². The second-order valence-electron chi connectivity index (χ2n) is 7.30. The molecule has 3 unspecified atom stereocenters. The van der Waals surface area contributed by atoms with E-state index in [4.69, 9.17) is 0 Å². The van der Waals surface area contributed by atoms with Gasteiger partial charge in [-0.2, -0.15) is 5.10 Å². The third-order valence-electron chi connectivity index (χ3n) is 5.41. The van der Waals surface area contributed by atoms with Gasteiger partial charge in [0.2, 0.25) is 5.91 Å². The Labute approximate surface area is 145 Å². The van der Waals surface area contributed by atoms with Crippen molar-refractivity contribution < 1.29 is 13.6 Å². The predicted molar refractivity (Wildman–Crippen MR) is 88.9 cm³/mol. The second kappa shape index (κ2) is 6.24. The van der Waals surface area contributed by atoms with E-state index in [0.29, 0.717) is 18.0 Å². The van der Waals surface area contributed by atoms with Crippen molar-refractivity contribution in [2.24, 2.45) is 5.92 Å². The van der Waals surface area contributed by atoms with E-state index in [9.17, 15) is 13.6 Å². The van der Waals surface area contributed by atoms with E-state index >= 15 is 0 Å². The highest BCUT2D eigenvalue weighted by Crippen LogP contribution is 2.39. The molecular weight excluding hydrogens is 324 g/mol. The van der Waals surface area contributed by atoms with Crippen molar-refractivity contribution in [2.75, 3.05) is 6.54 Å². The quantitative estimate of drug-likeness (QED) is 0.902. The van der Waals surface area contributed by atoms with Crippen LogP contribution in [-0.2, 0) is 11.2 Å². The highest BCUT2D eigenvalue weighted by atomic mass is 19.1. The Balaban J connectivity index is 1.64. The summed E-state index contributed by atoms with van der Waals surface area (Å²) in [6, 6.07) is 3.28. The lowest BCUT2D eigenvalue weighted by atomic mass is 9.80. The Hall–Kier alpha value is -2.24. The Bertz CT molecular complexity index is 783. The van der Waals surface area contributed by atoms with E-state index in [2.05, 4.69) is 17.1 Å². The van der Waals surface area contributed by atoms with Gasteiger partial charge in [-0.25, -0.2) is 8.78 Å². The smallest absolute Gasteiger partial charge is 0.232 e. The van der Waals surface area contributed by atoms with E-state index in [1.807, 2.05) is 0 Å². The van der Waals surface area contributed by atoms with Gasteiger partial charge in [-0.15, -0.1) is 0 Å². The van der Waals surface area contributed by atoms with Crippen LogP contribution in [0.2, 0.25) is 0 Å². The van der Waals surface area contributed by atoms with Crippen LogP contribution in [0.4, 0.5) is 8.78 Å². The van der Waals surface area contributed by atoms with E-state index in [1.165, 1.54) is 12.1 Å². The summed E-state index contributed by atoms with van der Waals surface area (Å²) in [5, 5.41) is 7.09. The molecule has 25 heavy (non-hydrogen) atoms. The number of carbonyl (C=O) groups is 1. The number of benzene rings is 1. The van der Waals surface area contributed by atoms with Crippen LogP contribution in [0.3, 0.4) is 0 Å². The Kier molecular flexibility index (Phi) is 4.06. The van der Waals surface area contributed by atoms with Gasteiger partial charge in [0.1, 0.15) is 11.6 Å². The summed E-state index contributed by atoms with van der Waals surface area (Å²) in [5.41, 5.74) is 2.54. The van der Waals surface area contributed by atoms with Crippen LogP contribution in [0.5, 0.6) is 0 Å². The fourth-order valence-electron chi connectivity index (χ4n) is 4.33. The first kappa shape index (κ1) is 16.2. The molecule has 0 spiro atoms. The number of hydrogen-bond donors (Lipinski definition) is 1. The predicted octanol–water partition coefficient (Wildman–Crippen LogP) is 3.72. The minimum absolute atomic E-state index is 0.0317. The number of likely N-dealkylation sites (tertiary alicyclic amines) is 1. The van der Waals surface area contributed by atoms with Crippen LogP contribution >= 0.6 is 0 Å². The molecule has 132 valence electrons. The molecule has 2 heterocycles. The highest BCUT2D eigenvalue weighted by molar-refractivity contribution is 5.84. The van der Waals surface area contributed by atoms with E-state index in [0.717, 1.165) is 43.0 Å². The fraction of sp³-hybridized carbons (Fsp3) is 0.474. The third-order valence-corrected chi connectivity index (χ3v) is 5.41. The molecule has 0 radical (unpaired) electrons. The number of aromatic nitrogens is 2. The van der Waals surface area contributed by atoms with Crippen LogP contribution in [0.15, 0.2) is 24.4 Å². The molecule has 4 nitrogen and oxygen atoms in total. The average molecular weight is 345 g/mol. The first-order valence-electron chi connectivity index (χ1n) is 8.81. The number of nitrogens with zero attached hydrogens (tertiary/aromatic N) is 2. The van der Waals surface area contributed by atoms with Crippen LogP contribution < -0.4 is 0 Å². The molecule has 1 aromatic carbocycles. The fourth-order valence-corrected chi connectivity index (χ4v) is 4.33. The Morgan fingerprint density at radius 2 is 2.04 bits per heavy atom. The molecule has 0 saturated carbocycles. The molecule has 3 atom stereocenters. The molecule has 1 aliphatic heterocycles. The molecule has 6 heteroatoms. The Morgan fingerprint density at radius 3 is 2.80 bits per heavy atom. The molecule has 1 aromatic heterocycles. The van der Waals surface area contributed by atoms with E-state index in [1.54, 1.807) is 11.1 Å². The van der Waals surface area contributed by atoms with Gasteiger partial charge in [0, 0.05) is 12.6 Å². The largest absolute Gasteiger partial charge is 0.335 e. The van der Waals surface area contributed by atoms with Crippen molar-refractivity contribution in [3.8, 4) is 0 Å². The van der Waals surface area contributed by atoms with Gasteiger partial charge < -0.3 is 4.90 Å². The zero-order chi connectivity index (χ0) is 17.6. The van der Waals surface area contributed by atoms with Crippen molar-refractivity contribution in [1.82, 2.24) is 15.1 Å². The third kappa shape index (κ3) is 2.94. The van der Waals surface area contributed by atoms with Gasteiger partial charge in [-0.1, -0.05) is 6.92 Å². The number of H-pyrrole nitrogens is 1. The minimum atomic E-state index is -0.601. The highest BCUT2D eigenvalue weighted by Gasteiger charge is 2.38. The minimum Gasteiger partial charge on any atom is -0.335 e. The molecule has 1 fully saturated rings. The first-order valence-corrected chi connectivity index (χ1v) is 8.81. The maximum Gasteiger partial charge on any atom is 0.232 e. The SMILES string of the molecule is CC1Cc2cn[nH]c2C(C(=O)N2CCCC2c2cc(F)cc(F)c2)C1. The summed E-state index contributed by atoms with van der Waals surface area (Å²) in [5.74, 6) is -1.01. The normalized spacial score (nSPS) is 25.9. The molecular formula is C19H21F2N3O. The monoisotopic (exact) mass is 345 g/mol. The standard InChI is InChI=1S/C19H21F2N3O/c1-11-5-13-10-22-23-18(13)16(6-11)19(25)24-4-2-3-17(24)12-7-14(20)9-15(21)8-12/h7-11,16-17H,2-6H2,1H3,(H,22,23). The summed E-state index contributed by atoms with van der Waals surface area (Å²) < 4.78 is 27.2. The van der Waals surface area contributed by atoms with Crippen LogP contribution in [0.25, 0.3) is 0 Å². The molecule has 1 amide bonds. The van der Waals surface area contributed by atoms with Crippen molar-refractivity contribution in [3.63, 3.8) is 0 Å². The number of nitrogens with one attached hydrogen (secondary N) is 1. The molecule has 0 bridgehead atoms. The van der Waals surface area contributed by atoms with E-state index < -0.39 is 11.6 Å². The lowest BCUT2D eigenvalue weighted by Gasteiger charge is -2.32. The summed E-state index contributed by atoms with van der Waals surface area (Å²) in [6.07, 6.45) is 5.07. The van der Waals surface area contributed by atoms with Crippen molar-refractivity contribution in [1.29, 1.82) is 0 Å². The summed E-state index contributed by atoms with van der Waals surface area (Å²) >= 11 is 0. The molecule has 2 aliphatic rings. The number of amides is 1. The number of fused-ring (bicyclic) bond motifs is 1. The lowest BCUT2D eigenvalue weighted by Crippen LogP contribution is -2.37. The maximum absolute atomic E-state index is 13.6. The number of carbonyl (C=O) groups excluding carboxylic acids is 1. The molecule has 4 rings (SSSR count). The first-order chi connectivity index (χ1) is 12.0. The average Bonchev–Trinajstić information content (AvgIpc) is 3.21. The van der Waals surface area contributed by atoms with Gasteiger partial charge in [-0.05, 0) is 54.9 Å².